The number of nitrogens with zero attached hydrogens (tertiary/aromatic N) is 3. The topological polar surface area (TPSA) is 87.8 Å². The zero-order valence-electron chi connectivity index (χ0n) is 12.7. The Kier molecular flexibility index (Phi) is 4.13. The Hall–Kier alpha value is -0.240. The van der Waals surface area contributed by atoms with E-state index in [1.54, 1.807) is 0 Å². The summed E-state index contributed by atoms with van der Waals surface area (Å²) in [5, 5.41) is 6.23. The first-order chi connectivity index (χ1) is 7.85. The van der Waals surface area contributed by atoms with Crippen LogP contribution < -0.4 is 17.2 Å². The molecule has 0 aliphatic carbocycles. The summed E-state index contributed by atoms with van der Waals surface area (Å²) in [5.41, 5.74) is 17.4. The summed E-state index contributed by atoms with van der Waals surface area (Å²) in [5.74, 6) is 0. The molecule has 0 radical (unpaired) electrons. The summed E-state index contributed by atoms with van der Waals surface area (Å²) in [6.45, 7) is 13.6. The predicted octanol–water partition coefficient (Wildman–Crippen LogP) is 0.211. The largest absolute Gasteiger partial charge is 0.313 e. The second kappa shape index (κ2) is 4.70. The van der Waals surface area contributed by atoms with Gasteiger partial charge in [0.1, 0.15) is 0 Å². The molecule has 1 fully saturated rings. The first-order valence-corrected chi connectivity index (χ1v) is 6.57. The lowest BCUT2D eigenvalue weighted by molar-refractivity contribution is -0.314. The van der Waals surface area contributed by atoms with E-state index in [4.69, 9.17) is 17.2 Å². The minimum Gasteiger partial charge on any atom is -0.313 e. The van der Waals surface area contributed by atoms with Crippen molar-refractivity contribution >= 4 is 0 Å². The molecule has 1 rings (SSSR count). The molecule has 1 aliphatic heterocycles. The van der Waals surface area contributed by atoms with E-state index in [9.17, 15) is 0 Å². The van der Waals surface area contributed by atoms with Gasteiger partial charge in [0.15, 0.2) is 0 Å². The van der Waals surface area contributed by atoms with Crippen molar-refractivity contribution in [1.82, 2.24) is 15.1 Å². The van der Waals surface area contributed by atoms with Crippen molar-refractivity contribution in [3.05, 3.63) is 0 Å². The van der Waals surface area contributed by atoms with Crippen molar-refractivity contribution in [3.63, 3.8) is 0 Å². The molecule has 0 spiro atoms. The van der Waals surface area contributed by atoms with Crippen LogP contribution in [-0.2, 0) is 0 Å². The van der Waals surface area contributed by atoms with E-state index in [0.29, 0.717) is 0 Å². The average molecular weight is 258 g/mol. The molecular formula is C12H30N6. The molecule has 6 nitrogen and oxygen atoms in total. The van der Waals surface area contributed by atoms with Crippen LogP contribution in [0.3, 0.4) is 0 Å². The first kappa shape index (κ1) is 15.8. The van der Waals surface area contributed by atoms with Gasteiger partial charge in [-0.1, -0.05) is 0 Å². The smallest absolute Gasteiger partial charge is 0.0925 e. The Morgan fingerprint density at radius 2 is 1.00 bits per heavy atom. The summed E-state index contributed by atoms with van der Waals surface area (Å²) in [7, 11) is 0. The third-order valence-electron chi connectivity index (χ3n) is 3.04. The van der Waals surface area contributed by atoms with Crippen LogP contribution in [0.4, 0.5) is 0 Å². The molecule has 0 aromatic carbocycles. The Morgan fingerprint density at radius 3 is 1.22 bits per heavy atom. The molecule has 1 aliphatic rings. The molecule has 0 aromatic heterocycles. The van der Waals surface area contributed by atoms with Gasteiger partial charge in [0.25, 0.3) is 0 Å². The molecule has 0 unspecified atom stereocenters. The summed E-state index contributed by atoms with van der Waals surface area (Å²) in [6.07, 6.45) is 1.02. The quantitative estimate of drug-likeness (QED) is 0.671. The number of hydrogen-bond acceptors (Lipinski definition) is 6. The monoisotopic (exact) mass is 258 g/mol. The fourth-order valence-corrected chi connectivity index (χ4v) is 2.38. The SMILES string of the molecule is CC(C)(N)N1CCCN(C(C)(C)N)N1C(C)(C)N. The second-order valence-corrected chi connectivity index (χ2v) is 6.85. The van der Waals surface area contributed by atoms with Gasteiger partial charge in [-0.2, -0.15) is 5.12 Å². The van der Waals surface area contributed by atoms with E-state index in [1.165, 1.54) is 0 Å². The van der Waals surface area contributed by atoms with Crippen molar-refractivity contribution in [1.29, 1.82) is 0 Å². The second-order valence-electron chi connectivity index (χ2n) is 6.85. The Bertz CT molecular complexity index is 260. The minimum absolute atomic E-state index is 0.472. The Balaban J connectivity index is 3.14. The van der Waals surface area contributed by atoms with Crippen LogP contribution in [-0.4, -0.2) is 45.2 Å². The summed E-state index contributed by atoms with van der Waals surface area (Å²) in [4.78, 5) is 0. The number of hydrogen-bond donors (Lipinski definition) is 3. The summed E-state index contributed by atoms with van der Waals surface area (Å²) < 4.78 is 0. The van der Waals surface area contributed by atoms with Crippen molar-refractivity contribution in [2.24, 2.45) is 17.2 Å². The van der Waals surface area contributed by atoms with Gasteiger partial charge >= 0.3 is 0 Å². The van der Waals surface area contributed by atoms with E-state index in [-0.39, 0.29) is 0 Å². The highest BCUT2D eigenvalue weighted by Crippen LogP contribution is 2.28. The normalized spacial score (nSPS) is 22.5. The van der Waals surface area contributed by atoms with E-state index >= 15 is 0 Å². The van der Waals surface area contributed by atoms with Crippen molar-refractivity contribution in [2.75, 3.05) is 13.1 Å². The van der Waals surface area contributed by atoms with E-state index < -0.39 is 17.0 Å². The fourth-order valence-electron chi connectivity index (χ4n) is 2.38. The van der Waals surface area contributed by atoms with Gasteiger partial charge in [-0.3, -0.25) is 0 Å². The zero-order valence-corrected chi connectivity index (χ0v) is 12.7. The number of rotatable bonds is 3. The predicted molar refractivity (Wildman–Crippen MR) is 74.7 cm³/mol. The van der Waals surface area contributed by atoms with Crippen molar-refractivity contribution < 1.29 is 0 Å². The van der Waals surface area contributed by atoms with Crippen LogP contribution in [0.5, 0.6) is 0 Å². The van der Waals surface area contributed by atoms with Gasteiger partial charge in [0, 0.05) is 13.1 Å². The number of nitrogens with two attached hydrogens (primary N) is 3. The maximum absolute atomic E-state index is 6.32. The van der Waals surface area contributed by atoms with Crippen LogP contribution in [0, 0.1) is 0 Å². The van der Waals surface area contributed by atoms with Crippen LogP contribution in [0.2, 0.25) is 0 Å². The van der Waals surface area contributed by atoms with E-state index in [1.807, 2.05) is 46.7 Å². The highest BCUT2D eigenvalue weighted by Gasteiger charge is 2.44. The van der Waals surface area contributed by atoms with Crippen molar-refractivity contribution in [3.8, 4) is 0 Å². The molecule has 108 valence electrons. The molecule has 0 bridgehead atoms. The zero-order chi connectivity index (χ0) is 14.4. The lowest BCUT2D eigenvalue weighted by Gasteiger charge is -2.59. The maximum Gasteiger partial charge on any atom is 0.0925 e. The van der Waals surface area contributed by atoms with Gasteiger partial charge in [-0.15, -0.1) is 0 Å². The van der Waals surface area contributed by atoms with Gasteiger partial charge < -0.3 is 17.2 Å². The van der Waals surface area contributed by atoms with Crippen molar-refractivity contribution in [2.45, 2.75) is 65.0 Å². The molecule has 1 heterocycles. The molecule has 0 aromatic rings. The molecular weight excluding hydrogens is 228 g/mol. The lowest BCUT2D eigenvalue weighted by atomic mass is 10.1. The molecule has 0 saturated carbocycles. The molecule has 6 heteroatoms. The molecule has 0 atom stereocenters. The van der Waals surface area contributed by atoms with Gasteiger partial charge in [0.2, 0.25) is 0 Å². The van der Waals surface area contributed by atoms with Crippen LogP contribution in [0.15, 0.2) is 0 Å². The van der Waals surface area contributed by atoms with E-state index in [2.05, 4.69) is 10.0 Å². The molecule has 0 amide bonds. The molecule has 18 heavy (non-hydrogen) atoms. The average Bonchev–Trinajstić information content (AvgIpc) is 2.12. The van der Waals surface area contributed by atoms with Crippen LogP contribution >= 0.6 is 0 Å². The number of hydrazine groups is 2. The minimum atomic E-state index is -0.548. The standard InChI is InChI=1S/C12H30N6/c1-10(2,13)16-8-7-9-17(11(3,4)14)18(16)12(5,6)15/h7-9,13-15H2,1-6H3. The van der Waals surface area contributed by atoms with Crippen LogP contribution in [0.25, 0.3) is 0 Å². The third kappa shape index (κ3) is 3.40. The van der Waals surface area contributed by atoms with E-state index in [0.717, 1.165) is 19.5 Å². The highest BCUT2D eigenvalue weighted by atomic mass is 15.9. The molecule has 6 N–H and O–H groups in total. The van der Waals surface area contributed by atoms with Gasteiger partial charge in [-0.05, 0) is 48.0 Å². The van der Waals surface area contributed by atoms with Gasteiger partial charge in [-0.25, -0.2) is 10.0 Å². The fraction of sp³-hybridized carbons (Fsp3) is 1.00. The Morgan fingerprint density at radius 1 is 0.667 bits per heavy atom. The van der Waals surface area contributed by atoms with Gasteiger partial charge in [0.05, 0.1) is 17.0 Å². The highest BCUT2D eigenvalue weighted by molar-refractivity contribution is 4.86. The Labute approximate surface area is 111 Å². The molecule has 1 saturated heterocycles. The van der Waals surface area contributed by atoms with Crippen LogP contribution in [0.1, 0.15) is 48.0 Å². The maximum atomic E-state index is 6.32. The lowest BCUT2D eigenvalue weighted by Crippen LogP contribution is -2.78. The summed E-state index contributed by atoms with van der Waals surface area (Å²) in [6, 6.07) is 0. The third-order valence-corrected chi connectivity index (χ3v) is 3.04. The summed E-state index contributed by atoms with van der Waals surface area (Å²) >= 11 is 0. The first-order valence-electron chi connectivity index (χ1n) is 6.57.